The summed E-state index contributed by atoms with van der Waals surface area (Å²) in [5.74, 6) is -0.631. The van der Waals surface area contributed by atoms with E-state index in [1.807, 2.05) is 67.7 Å². The average molecular weight is 573 g/mol. The maximum absolute atomic E-state index is 13.1. The molecule has 2 aliphatic heterocycles. The number of carbonyl (C=O) groups excluding carboxylic acids is 2. The molecule has 8 nitrogen and oxygen atoms in total. The molecule has 2 aliphatic rings. The molecule has 0 aromatic heterocycles. The summed E-state index contributed by atoms with van der Waals surface area (Å²) >= 11 is 6.17. The van der Waals surface area contributed by atoms with Crippen molar-refractivity contribution in [3.8, 4) is 0 Å². The van der Waals surface area contributed by atoms with E-state index in [4.69, 9.17) is 16.6 Å². The van der Waals surface area contributed by atoms with Gasteiger partial charge in [0.25, 0.3) is 0 Å². The molecule has 2 heterocycles. The Morgan fingerprint density at radius 1 is 0.951 bits per heavy atom. The number of halogens is 1. The van der Waals surface area contributed by atoms with Gasteiger partial charge in [0.1, 0.15) is 5.92 Å². The number of hydrogen-bond acceptors (Lipinski definition) is 6. The summed E-state index contributed by atoms with van der Waals surface area (Å²) in [6.07, 6.45) is 0. The van der Waals surface area contributed by atoms with E-state index in [1.54, 1.807) is 17.0 Å². The first-order chi connectivity index (χ1) is 19.8. The van der Waals surface area contributed by atoms with Crippen LogP contribution in [-0.4, -0.2) is 99.2 Å². The number of hydrogen-bond donors (Lipinski definition) is 1. The molecule has 1 atom stereocenters. The van der Waals surface area contributed by atoms with Gasteiger partial charge in [-0.1, -0.05) is 48.0 Å². The van der Waals surface area contributed by atoms with Gasteiger partial charge >= 0.3 is 0 Å². The Morgan fingerprint density at radius 2 is 1.63 bits per heavy atom. The van der Waals surface area contributed by atoms with Gasteiger partial charge < -0.3 is 15.1 Å². The molecular formula is C32H37ClN6O2. The first-order valence-electron chi connectivity index (χ1n) is 14.0. The number of aliphatic imine (C=N–C) groups is 1. The lowest BCUT2D eigenvalue weighted by atomic mass is 9.90. The quantitative estimate of drug-likeness (QED) is 0.386. The molecule has 3 aromatic carbocycles. The Kier molecular flexibility index (Phi) is 9.15. The van der Waals surface area contributed by atoms with Crippen molar-refractivity contribution in [3.05, 3.63) is 88.9 Å². The summed E-state index contributed by atoms with van der Waals surface area (Å²) in [6.45, 7) is 6.26. The number of nitrogens with one attached hydrogen (secondary N) is 1. The van der Waals surface area contributed by atoms with E-state index in [0.717, 1.165) is 56.1 Å². The third-order valence-corrected chi connectivity index (χ3v) is 7.97. The lowest BCUT2D eigenvalue weighted by Gasteiger charge is -2.35. The van der Waals surface area contributed by atoms with Gasteiger partial charge in [-0.05, 0) is 61.6 Å². The summed E-state index contributed by atoms with van der Waals surface area (Å²) in [5, 5.41) is 3.52. The Labute approximate surface area is 247 Å². The van der Waals surface area contributed by atoms with Crippen LogP contribution < -0.4 is 10.2 Å². The molecule has 1 fully saturated rings. The number of nitrogens with zero attached hydrogens (tertiary/aromatic N) is 5. The van der Waals surface area contributed by atoms with E-state index in [-0.39, 0.29) is 11.8 Å². The van der Waals surface area contributed by atoms with Gasteiger partial charge in [-0.2, -0.15) is 0 Å². The molecule has 5 rings (SSSR count). The molecule has 1 unspecified atom stereocenters. The highest BCUT2D eigenvalue weighted by Crippen LogP contribution is 2.37. The topological polar surface area (TPSA) is 71.5 Å². The van der Waals surface area contributed by atoms with Crippen molar-refractivity contribution in [1.29, 1.82) is 0 Å². The summed E-state index contributed by atoms with van der Waals surface area (Å²) in [4.78, 5) is 39.8. The number of rotatable bonds is 9. The van der Waals surface area contributed by atoms with Crippen LogP contribution in [0.25, 0.3) is 0 Å². The molecule has 0 spiro atoms. The fraction of sp³-hybridized carbons (Fsp3) is 0.344. The van der Waals surface area contributed by atoms with Crippen molar-refractivity contribution < 1.29 is 9.59 Å². The Bertz CT molecular complexity index is 1400. The fourth-order valence-electron chi connectivity index (χ4n) is 5.25. The van der Waals surface area contributed by atoms with Crippen LogP contribution in [0.4, 0.5) is 17.1 Å². The number of likely N-dealkylation sites (N-methyl/N-ethyl adjacent to an activating group) is 2. The highest BCUT2D eigenvalue weighted by Gasteiger charge is 2.35. The van der Waals surface area contributed by atoms with Gasteiger partial charge in [-0.15, -0.1) is 0 Å². The zero-order valence-corrected chi connectivity index (χ0v) is 24.6. The first-order valence-corrected chi connectivity index (χ1v) is 14.4. The zero-order chi connectivity index (χ0) is 28.9. The molecule has 1 N–H and O–H groups in total. The van der Waals surface area contributed by atoms with Crippen LogP contribution in [0, 0.1) is 0 Å². The second kappa shape index (κ2) is 13.0. The number of carbonyl (C=O) groups is 2. The molecular weight excluding hydrogens is 536 g/mol. The molecule has 214 valence electrons. The van der Waals surface area contributed by atoms with E-state index in [0.29, 0.717) is 28.7 Å². The molecule has 9 heteroatoms. The van der Waals surface area contributed by atoms with Crippen LogP contribution in [0.1, 0.15) is 17.0 Å². The predicted molar refractivity (Wildman–Crippen MR) is 167 cm³/mol. The third kappa shape index (κ3) is 7.02. The summed E-state index contributed by atoms with van der Waals surface area (Å²) in [5.41, 5.74) is 4.60. The van der Waals surface area contributed by atoms with Crippen molar-refractivity contribution >= 4 is 46.2 Å². The van der Waals surface area contributed by atoms with E-state index >= 15 is 0 Å². The van der Waals surface area contributed by atoms with Gasteiger partial charge in [0, 0.05) is 62.7 Å². The predicted octanol–water partition coefficient (Wildman–Crippen LogP) is 4.34. The highest BCUT2D eigenvalue weighted by molar-refractivity contribution is 6.31. The lowest BCUT2D eigenvalue weighted by molar-refractivity contribution is -0.120. The molecule has 3 aromatic rings. The molecule has 0 aliphatic carbocycles. The first kappa shape index (κ1) is 29.0. The van der Waals surface area contributed by atoms with Crippen molar-refractivity contribution in [2.24, 2.45) is 4.99 Å². The van der Waals surface area contributed by atoms with E-state index in [9.17, 15) is 9.59 Å². The minimum absolute atomic E-state index is 0.0610. The van der Waals surface area contributed by atoms with Gasteiger partial charge in [-0.3, -0.25) is 24.4 Å². The summed E-state index contributed by atoms with van der Waals surface area (Å²) in [6, 6.07) is 22.8. The average Bonchev–Trinajstić information content (AvgIpc) is 3.30. The second-order valence-corrected chi connectivity index (χ2v) is 11.3. The highest BCUT2D eigenvalue weighted by atomic mass is 35.5. The molecule has 0 saturated carbocycles. The van der Waals surface area contributed by atoms with Crippen molar-refractivity contribution in [2.75, 3.05) is 77.2 Å². The smallest absolute Gasteiger partial charge is 0.240 e. The summed E-state index contributed by atoms with van der Waals surface area (Å²) < 4.78 is 0. The van der Waals surface area contributed by atoms with Gasteiger partial charge in [0.2, 0.25) is 11.8 Å². The maximum atomic E-state index is 13.1. The largest absolute Gasteiger partial charge is 0.325 e. The van der Waals surface area contributed by atoms with Crippen molar-refractivity contribution in [3.63, 3.8) is 0 Å². The van der Waals surface area contributed by atoms with E-state index < -0.39 is 5.92 Å². The van der Waals surface area contributed by atoms with Crippen LogP contribution in [0.5, 0.6) is 0 Å². The van der Waals surface area contributed by atoms with Crippen molar-refractivity contribution in [2.45, 2.75) is 5.92 Å². The molecule has 0 bridgehead atoms. The maximum Gasteiger partial charge on any atom is 0.240 e. The third-order valence-electron chi connectivity index (χ3n) is 7.74. The number of piperazine rings is 1. The Balaban J connectivity index is 1.29. The minimum atomic E-state index is -0.558. The van der Waals surface area contributed by atoms with Crippen LogP contribution in [0.3, 0.4) is 0 Å². The Morgan fingerprint density at radius 3 is 2.32 bits per heavy atom. The van der Waals surface area contributed by atoms with E-state index in [1.165, 1.54) is 0 Å². The van der Waals surface area contributed by atoms with Gasteiger partial charge in [-0.25, -0.2) is 0 Å². The zero-order valence-electron chi connectivity index (χ0n) is 23.9. The molecule has 0 radical (unpaired) electrons. The lowest BCUT2D eigenvalue weighted by Crippen LogP contribution is -2.50. The number of anilines is 2. The second-order valence-electron chi connectivity index (χ2n) is 10.9. The number of amides is 2. The van der Waals surface area contributed by atoms with Gasteiger partial charge in [0.15, 0.2) is 0 Å². The van der Waals surface area contributed by atoms with Crippen LogP contribution in [0.15, 0.2) is 77.8 Å². The Hall–Kier alpha value is -3.56. The summed E-state index contributed by atoms with van der Waals surface area (Å²) in [7, 11) is 6.00. The molecule has 41 heavy (non-hydrogen) atoms. The molecule has 1 saturated heterocycles. The number of benzene rings is 3. The monoisotopic (exact) mass is 572 g/mol. The minimum Gasteiger partial charge on any atom is -0.325 e. The van der Waals surface area contributed by atoms with Crippen LogP contribution in [-0.2, 0) is 9.59 Å². The van der Waals surface area contributed by atoms with Crippen molar-refractivity contribution in [1.82, 2.24) is 14.7 Å². The van der Waals surface area contributed by atoms with Gasteiger partial charge in [0.05, 0.1) is 17.9 Å². The SMILES string of the molecule is CN(C)CCN1CCN(CC(=O)N(C)c2ccc(N=C(c3ccccc3)C3C(=O)Nc4cc(Cl)ccc43)cc2)CC1. The van der Waals surface area contributed by atoms with E-state index in [2.05, 4.69) is 34.1 Å². The fourth-order valence-corrected chi connectivity index (χ4v) is 5.43. The number of fused-ring (bicyclic) bond motifs is 1. The molecule has 2 amide bonds. The van der Waals surface area contributed by atoms with Crippen LogP contribution >= 0.6 is 11.6 Å². The standard InChI is InChI=1S/C32H37ClN6O2/c1-36(2)15-16-38-17-19-39(20-18-38)22-29(40)37(3)26-12-10-25(11-13-26)34-31(23-7-5-4-6-8-23)30-27-14-9-24(33)21-28(27)35-32(30)41/h4-14,21,30H,15-20,22H2,1-3H3,(H,35,41). The normalized spacial score (nSPS) is 17.9. The van der Waals surface area contributed by atoms with Crippen LogP contribution in [0.2, 0.25) is 5.02 Å².